The molecule has 2 N–H and O–H groups in total. The molecule has 29 heavy (non-hydrogen) atoms. The predicted octanol–water partition coefficient (Wildman–Crippen LogP) is 4.79. The Morgan fingerprint density at radius 2 is 1.86 bits per heavy atom. The van der Waals surface area contributed by atoms with Gasteiger partial charge in [0.15, 0.2) is 0 Å². The Hall–Kier alpha value is -2.86. The summed E-state index contributed by atoms with van der Waals surface area (Å²) in [6, 6.07) is 17.8. The normalized spacial score (nSPS) is 16.7. The third-order valence-corrected chi connectivity index (χ3v) is 6.55. The van der Waals surface area contributed by atoms with Crippen molar-refractivity contribution in [3.05, 3.63) is 82.1 Å². The van der Waals surface area contributed by atoms with Gasteiger partial charge in [0, 0.05) is 41.2 Å². The minimum Gasteiger partial charge on any atom is -0.372 e. The van der Waals surface area contributed by atoms with Crippen LogP contribution < -0.4 is 5.32 Å². The molecule has 0 bridgehead atoms. The van der Waals surface area contributed by atoms with Gasteiger partial charge in [-0.3, -0.25) is 4.79 Å². The first-order chi connectivity index (χ1) is 14.1. The highest BCUT2D eigenvalue weighted by Crippen LogP contribution is 2.44. The average Bonchev–Trinajstić information content (AvgIpc) is 3.26. The molecule has 2 aliphatic heterocycles. The van der Waals surface area contributed by atoms with Crippen LogP contribution in [0.25, 0.3) is 5.69 Å². The fourth-order valence-electron chi connectivity index (χ4n) is 4.49. The molecule has 2 aromatic carbocycles. The molecule has 6 heteroatoms. The lowest BCUT2D eigenvalue weighted by Crippen LogP contribution is -2.51. The topological polar surface area (TPSA) is 61.1 Å². The number of anilines is 1. The summed E-state index contributed by atoms with van der Waals surface area (Å²) in [5.74, 6) is 0.0619. The van der Waals surface area contributed by atoms with Crippen molar-refractivity contribution in [3.63, 3.8) is 0 Å². The van der Waals surface area contributed by atoms with Gasteiger partial charge in [-0.25, -0.2) is 0 Å². The molecule has 5 nitrogen and oxygen atoms in total. The highest BCUT2D eigenvalue weighted by Gasteiger charge is 2.42. The number of aromatic nitrogens is 1. The lowest BCUT2D eigenvalue weighted by molar-refractivity contribution is 0.0676. The number of amides is 1. The van der Waals surface area contributed by atoms with E-state index in [1.807, 2.05) is 29.2 Å². The van der Waals surface area contributed by atoms with Crippen molar-refractivity contribution in [1.29, 1.82) is 5.41 Å². The van der Waals surface area contributed by atoms with Crippen LogP contribution in [0.1, 0.15) is 34.5 Å². The quantitative estimate of drug-likeness (QED) is 0.553. The third kappa shape index (κ3) is 2.99. The van der Waals surface area contributed by atoms with Gasteiger partial charge in [0.2, 0.25) is 0 Å². The second-order valence-electron chi connectivity index (χ2n) is 7.69. The van der Waals surface area contributed by atoms with Crippen LogP contribution in [0.5, 0.6) is 0 Å². The Morgan fingerprint density at radius 1 is 1.10 bits per heavy atom. The van der Waals surface area contributed by atoms with Crippen LogP contribution >= 0.6 is 15.9 Å². The van der Waals surface area contributed by atoms with Gasteiger partial charge in [-0.05, 0) is 60.9 Å². The number of nitrogens with one attached hydrogen (secondary N) is 2. The van der Waals surface area contributed by atoms with Crippen molar-refractivity contribution >= 4 is 33.7 Å². The van der Waals surface area contributed by atoms with Crippen molar-refractivity contribution in [2.24, 2.45) is 0 Å². The highest BCUT2D eigenvalue weighted by molar-refractivity contribution is 9.10. The zero-order valence-electron chi connectivity index (χ0n) is 15.9. The number of nitrogens with zero attached hydrogens (tertiary/aromatic N) is 2. The van der Waals surface area contributed by atoms with E-state index < -0.39 is 0 Å². The van der Waals surface area contributed by atoms with Crippen molar-refractivity contribution in [1.82, 2.24) is 9.47 Å². The van der Waals surface area contributed by atoms with Crippen LogP contribution in [0.2, 0.25) is 0 Å². The molecule has 1 amide bonds. The molecule has 1 saturated heterocycles. The largest absolute Gasteiger partial charge is 0.372 e. The number of hydrogen-bond acceptors (Lipinski definition) is 3. The summed E-state index contributed by atoms with van der Waals surface area (Å²) in [5.41, 5.74) is 4.85. The minimum absolute atomic E-state index is 0.0619. The number of carbonyl (C=O) groups excluding carboxylic acids is 1. The number of piperidine rings is 1. The summed E-state index contributed by atoms with van der Waals surface area (Å²) in [6.07, 6.45) is 5.12. The molecule has 1 fully saturated rings. The van der Waals surface area contributed by atoms with Gasteiger partial charge in [0.05, 0.1) is 16.9 Å². The van der Waals surface area contributed by atoms with Crippen molar-refractivity contribution < 1.29 is 4.79 Å². The van der Waals surface area contributed by atoms with Gasteiger partial charge in [-0.1, -0.05) is 28.1 Å². The second-order valence-corrected chi connectivity index (χ2v) is 8.61. The van der Waals surface area contributed by atoms with Crippen LogP contribution in [-0.4, -0.2) is 34.7 Å². The zero-order chi connectivity index (χ0) is 20.0. The molecule has 0 unspecified atom stereocenters. The van der Waals surface area contributed by atoms with Crippen LogP contribution in [-0.2, 0) is 5.54 Å². The summed E-state index contributed by atoms with van der Waals surface area (Å²) >= 11 is 3.58. The third-order valence-electron chi connectivity index (χ3n) is 6.06. The van der Waals surface area contributed by atoms with Gasteiger partial charge in [0.1, 0.15) is 0 Å². The molecular formula is C23H21BrN4O. The number of likely N-dealkylation sites (tertiary alicyclic amines) is 1. The van der Waals surface area contributed by atoms with E-state index in [0.717, 1.165) is 34.3 Å². The lowest BCUT2D eigenvalue weighted by atomic mass is 9.82. The molecule has 146 valence electrons. The van der Waals surface area contributed by atoms with Crippen molar-refractivity contribution in [3.8, 4) is 5.69 Å². The first kappa shape index (κ1) is 18.2. The van der Waals surface area contributed by atoms with Crippen molar-refractivity contribution in [2.45, 2.75) is 18.4 Å². The Bertz CT molecular complexity index is 1090. The van der Waals surface area contributed by atoms with E-state index in [4.69, 9.17) is 5.41 Å². The molecule has 0 radical (unpaired) electrons. The maximum Gasteiger partial charge on any atom is 0.253 e. The Kier molecular flexibility index (Phi) is 4.32. The molecule has 0 saturated carbocycles. The number of carbonyl (C=O) groups is 1. The van der Waals surface area contributed by atoms with E-state index in [2.05, 4.69) is 62.3 Å². The fourth-order valence-corrected chi connectivity index (χ4v) is 4.84. The molecule has 3 aromatic rings. The van der Waals surface area contributed by atoms with Gasteiger partial charge < -0.3 is 20.2 Å². The Morgan fingerprint density at radius 3 is 2.59 bits per heavy atom. The number of benzene rings is 2. The maximum absolute atomic E-state index is 12.9. The van der Waals surface area contributed by atoms with Crippen LogP contribution in [0.3, 0.4) is 0 Å². The van der Waals surface area contributed by atoms with E-state index in [9.17, 15) is 4.79 Å². The number of hydrogen-bond donors (Lipinski definition) is 2. The molecular weight excluding hydrogens is 428 g/mol. The molecule has 1 aromatic heterocycles. The van der Waals surface area contributed by atoms with Gasteiger partial charge >= 0.3 is 0 Å². The standard InChI is InChI=1S/C23H21BrN4O/c24-18-7-8-19-20(14-18)28-11-1-2-21(28)23(26-19)9-12-27(13-10-23)22(29)17-5-3-16(15-25)4-6-17/h1-8,11,14-15,25-26H,9-10,12-13H2. The van der Waals surface area contributed by atoms with Gasteiger partial charge in [-0.15, -0.1) is 0 Å². The smallest absolute Gasteiger partial charge is 0.253 e. The first-order valence-corrected chi connectivity index (χ1v) is 10.5. The van der Waals surface area contributed by atoms with Gasteiger partial charge in [0.25, 0.3) is 5.91 Å². The van der Waals surface area contributed by atoms with Gasteiger partial charge in [-0.2, -0.15) is 0 Å². The Balaban J connectivity index is 1.39. The molecule has 2 aliphatic rings. The summed E-state index contributed by atoms with van der Waals surface area (Å²) in [6.45, 7) is 1.41. The lowest BCUT2D eigenvalue weighted by Gasteiger charge is -2.46. The van der Waals surface area contributed by atoms with E-state index in [0.29, 0.717) is 18.7 Å². The second kappa shape index (κ2) is 6.88. The van der Waals surface area contributed by atoms with Crippen LogP contribution in [0.15, 0.2) is 65.3 Å². The molecule has 1 spiro atoms. The Labute approximate surface area is 178 Å². The maximum atomic E-state index is 12.9. The summed E-state index contributed by atoms with van der Waals surface area (Å²) in [4.78, 5) is 14.9. The highest BCUT2D eigenvalue weighted by atomic mass is 79.9. The van der Waals surface area contributed by atoms with Crippen molar-refractivity contribution in [2.75, 3.05) is 18.4 Å². The van der Waals surface area contributed by atoms with Crippen LogP contribution in [0, 0.1) is 5.41 Å². The first-order valence-electron chi connectivity index (χ1n) is 9.75. The summed E-state index contributed by atoms with van der Waals surface area (Å²) < 4.78 is 3.33. The molecule has 0 aliphatic carbocycles. The SMILES string of the molecule is N=Cc1ccc(C(=O)N2CCC3(CC2)Nc2ccc(Br)cc2-n2cccc23)cc1. The monoisotopic (exact) mass is 448 g/mol. The molecule has 5 rings (SSSR count). The fraction of sp³-hybridized carbons (Fsp3) is 0.217. The molecule has 0 atom stereocenters. The van der Waals surface area contributed by atoms with E-state index >= 15 is 0 Å². The minimum atomic E-state index is -0.162. The summed E-state index contributed by atoms with van der Waals surface area (Å²) in [5, 5.41) is 11.1. The van der Waals surface area contributed by atoms with E-state index in [-0.39, 0.29) is 11.4 Å². The zero-order valence-corrected chi connectivity index (χ0v) is 17.4. The molecule has 3 heterocycles. The van der Waals surface area contributed by atoms with Crippen LogP contribution in [0.4, 0.5) is 5.69 Å². The van der Waals surface area contributed by atoms with E-state index in [1.165, 1.54) is 11.9 Å². The number of fused-ring (bicyclic) bond motifs is 4. The number of halogens is 1. The average molecular weight is 449 g/mol. The van der Waals surface area contributed by atoms with E-state index in [1.54, 1.807) is 0 Å². The number of rotatable bonds is 2. The summed E-state index contributed by atoms with van der Waals surface area (Å²) in [7, 11) is 0. The predicted molar refractivity (Wildman–Crippen MR) is 118 cm³/mol.